The molecular formula is C15H15ClN4OS2. The predicted molar refractivity (Wildman–Crippen MR) is 97.1 cm³/mol. The average Bonchev–Trinajstić information content (AvgIpc) is 3.07. The summed E-state index contributed by atoms with van der Waals surface area (Å²) < 4.78 is 2.69. The number of halogens is 1. The van der Waals surface area contributed by atoms with Gasteiger partial charge in [0, 0.05) is 14.1 Å². The molecule has 8 heteroatoms. The molecule has 1 amide bonds. The maximum Gasteiger partial charge on any atom is 0.264 e. The second-order valence-electron chi connectivity index (χ2n) is 5.04. The first-order valence-electron chi connectivity index (χ1n) is 6.84. The minimum absolute atomic E-state index is 0.116. The summed E-state index contributed by atoms with van der Waals surface area (Å²) in [6, 6.07) is 5.63. The molecule has 0 fully saturated rings. The molecule has 120 valence electrons. The lowest BCUT2D eigenvalue weighted by Crippen LogP contribution is -2.27. The molecule has 0 saturated heterocycles. The second-order valence-corrected chi connectivity index (χ2v) is 7.25. The molecule has 0 atom stereocenters. The minimum Gasteiger partial charge on any atom is -0.287 e. The van der Waals surface area contributed by atoms with Gasteiger partial charge in [-0.25, -0.2) is 4.98 Å². The van der Waals surface area contributed by atoms with Crippen LogP contribution in [0.1, 0.15) is 16.1 Å². The number of fused-ring (bicyclic) bond motifs is 1. The molecule has 1 aromatic carbocycles. The maximum atomic E-state index is 12.9. The average molecular weight is 367 g/mol. The number of anilines is 1. The zero-order valence-corrected chi connectivity index (χ0v) is 15.5. The van der Waals surface area contributed by atoms with Gasteiger partial charge < -0.3 is 0 Å². The highest BCUT2D eigenvalue weighted by Gasteiger charge is 2.25. The number of amides is 1. The minimum atomic E-state index is -0.116. The van der Waals surface area contributed by atoms with Crippen molar-refractivity contribution in [3.05, 3.63) is 34.5 Å². The van der Waals surface area contributed by atoms with E-state index < -0.39 is 0 Å². The van der Waals surface area contributed by atoms with Crippen LogP contribution >= 0.6 is 34.7 Å². The zero-order valence-electron chi connectivity index (χ0n) is 13.1. The fraction of sp³-hybridized carbons (Fsp3) is 0.267. The van der Waals surface area contributed by atoms with Gasteiger partial charge in [-0.2, -0.15) is 5.10 Å². The van der Waals surface area contributed by atoms with E-state index in [9.17, 15) is 4.79 Å². The molecule has 0 saturated carbocycles. The van der Waals surface area contributed by atoms with Gasteiger partial charge in [-0.3, -0.25) is 14.4 Å². The predicted octanol–water partition coefficient (Wildman–Crippen LogP) is 3.99. The Hall–Kier alpha value is -1.57. The number of hydrogen-bond donors (Lipinski definition) is 0. The maximum absolute atomic E-state index is 12.9. The molecule has 2 aromatic heterocycles. The number of aryl methyl sites for hydroxylation is 2. The number of carbonyl (C=O) groups is 1. The van der Waals surface area contributed by atoms with Crippen molar-refractivity contribution in [2.45, 2.75) is 11.9 Å². The molecule has 0 spiro atoms. The largest absolute Gasteiger partial charge is 0.287 e. The van der Waals surface area contributed by atoms with Gasteiger partial charge in [-0.15, -0.1) is 11.8 Å². The molecule has 0 unspecified atom stereocenters. The summed E-state index contributed by atoms with van der Waals surface area (Å²) in [7, 11) is 3.57. The summed E-state index contributed by atoms with van der Waals surface area (Å²) in [4.78, 5) is 19.0. The Morgan fingerprint density at radius 3 is 2.83 bits per heavy atom. The topological polar surface area (TPSA) is 51.0 Å². The van der Waals surface area contributed by atoms with E-state index in [0.29, 0.717) is 21.4 Å². The zero-order chi connectivity index (χ0) is 16.7. The molecule has 0 bridgehead atoms. The second kappa shape index (κ2) is 6.14. The molecular weight excluding hydrogens is 352 g/mol. The number of rotatable bonds is 3. The quantitative estimate of drug-likeness (QED) is 0.657. The number of para-hydroxylation sites is 1. The van der Waals surface area contributed by atoms with Gasteiger partial charge in [0.2, 0.25) is 0 Å². The Balaban J connectivity index is 2.03. The first-order valence-corrected chi connectivity index (χ1v) is 9.26. The number of thiazole rings is 1. The smallest absolute Gasteiger partial charge is 0.264 e. The van der Waals surface area contributed by atoms with Crippen LogP contribution in [0.25, 0.3) is 10.2 Å². The third-order valence-corrected chi connectivity index (χ3v) is 5.78. The lowest BCUT2D eigenvalue weighted by atomic mass is 10.2. The van der Waals surface area contributed by atoms with Gasteiger partial charge in [-0.1, -0.05) is 29.0 Å². The van der Waals surface area contributed by atoms with E-state index >= 15 is 0 Å². The number of benzene rings is 1. The molecule has 0 N–H and O–H groups in total. The van der Waals surface area contributed by atoms with Crippen molar-refractivity contribution in [3.8, 4) is 0 Å². The molecule has 3 aromatic rings. The summed E-state index contributed by atoms with van der Waals surface area (Å²) in [5.41, 5.74) is 2.06. The normalized spacial score (nSPS) is 11.2. The van der Waals surface area contributed by atoms with Crippen LogP contribution in [0.4, 0.5) is 5.13 Å². The third-order valence-electron chi connectivity index (χ3n) is 3.53. The van der Waals surface area contributed by atoms with Gasteiger partial charge >= 0.3 is 0 Å². The summed E-state index contributed by atoms with van der Waals surface area (Å²) in [6.45, 7) is 1.84. The van der Waals surface area contributed by atoms with Gasteiger partial charge in [-0.05, 0) is 25.3 Å². The van der Waals surface area contributed by atoms with Gasteiger partial charge in [0.25, 0.3) is 5.91 Å². The highest BCUT2D eigenvalue weighted by molar-refractivity contribution is 7.98. The highest BCUT2D eigenvalue weighted by atomic mass is 35.5. The molecule has 0 aliphatic rings. The van der Waals surface area contributed by atoms with Crippen molar-refractivity contribution in [1.29, 1.82) is 0 Å². The van der Waals surface area contributed by atoms with Gasteiger partial charge in [0.05, 0.1) is 21.0 Å². The molecule has 0 radical (unpaired) electrons. The van der Waals surface area contributed by atoms with Crippen molar-refractivity contribution in [2.75, 3.05) is 18.2 Å². The van der Waals surface area contributed by atoms with Crippen LogP contribution in [0.2, 0.25) is 5.02 Å². The van der Waals surface area contributed by atoms with Crippen molar-refractivity contribution in [3.63, 3.8) is 0 Å². The number of nitrogens with zero attached hydrogens (tertiary/aromatic N) is 4. The highest BCUT2D eigenvalue weighted by Crippen LogP contribution is 2.33. The van der Waals surface area contributed by atoms with Crippen LogP contribution in [-0.2, 0) is 7.05 Å². The van der Waals surface area contributed by atoms with E-state index in [4.69, 9.17) is 11.6 Å². The number of aromatic nitrogens is 3. The number of carbonyl (C=O) groups excluding carboxylic acids is 1. The first kappa shape index (κ1) is 16.3. The Bertz CT molecular complexity index is 902. The van der Waals surface area contributed by atoms with Gasteiger partial charge in [0.1, 0.15) is 10.5 Å². The Morgan fingerprint density at radius 2 is 2.17 bits per heavy atom. The Morgan fingerprint density at radius 1 is 1.43 bits per heavy atom. The molecule has 5 nitrogen and oxygen atoms in total. The molecule has 0 aliphatic carbocycles. The van der Waals surface area contributed by atoms with Crippen LogP contribution < -0.4 is 4.90 Å². The summed E-state index contributed by atoms with van der Waals surface area (Å²) >= 11 is 9.12. The van der Waals surface area contributed by atoms with Crippen LogP contribution in [0.3, 0.4) is 0 Å². The fourth-order valence-electron chi connectivity index (χ4n) is 2.42. The van der Waals surface area contributed by atoms with Crippen molar-refractivity contribution in [1.82, 2.24) is 14.8 Å². The SMILES string of the molecule is CSc1c(C(=O)N(C)c2nc3c(Cl)cccc3s2)c(C)nn1C. The first-order chi connectivity index (χ1) is 10.9. The van der Waals surface area contributed by atoms with E-state index in [0.717, 1.165) is 15.2 Å². The summed E-state index contributed by atoms with van der Waals surface area (Å²) in [5, 5.41) is 6.40. The Kier molecular flexibility index (Phi) is 4.35. The lowest BCUT2D eigenvalue weighted by molar-refractivity contribution is 0.0989. The van der Waals surface area contributed by atoms with Crippen LogP contribution in [0.5, 0.6) is 0 Å². The van der Waals surface area contributed by atoms with Crippen molar-refractivity contribution in [2.24, 2.45) is 7.05 Å². The van der Waals surface area contributed by atoms with E-state index in [-0.39, 0.29) is 5.91 Å². The molecule has 2 heterocycles. The standard InChI is InChI=1S/C15H15ClN4OS2/c1-8-11(14(22-4)20(3)18-8)13(21)19(2)15-17-12-9(16)6-5-7-10(12)23-15/h5-7H,1-4H3. The van der Waals surface area contributed by atoms with E-state index in [1.54, 1.807) is 22.7 Å². The van der Waals surface area contributed by atoms with E-state index in [1.807, 2.05) is 32.4 Å². The van der Waals surface area contributed by atoms with Crippen LogP contribution in [0.15, 0.2) is 23.2 Å². The monoisotopic (exact) mass is 366 g/mol. The summed E-state index contributed by atoms with van der Waals surface area (Å²) in [5.74, 6) is -0.116. The van der Waals surface area contributed by atoms with E-state index in [2.05, 4.69) is 10.1 Å². The molecule has 0 aliphatic heterocycles. The van der Waals surface area contributed by atoms with Crippen molar-refractivity contribution >= 4 is 56.0 Å². The van der Waals surface area contributed by atoms with E-state index in [1.165, 1.54) is 23.1 Å². The van der Waals surface area contributed by atoms with Crippen molar-refractivity contribution < 1.29 is 4.79 Å². The number of thioether (sulfide) groups is 1. The Labute approximate surface area is 147 Å². The fourth-order valence-corrected chi connectivity index (χ4v) is 4.39. The van der Waals surface area contributed by atoms with Gasteiger partial charge in [0.15, 0.2) is 5.13 Å². The molecule has 3 rings (SSSR count). The summed E-state index contributed by atoms with van der Waals surface area (Å²) in [6.07, 6.45) is 1.94. The third kappa shape index (κ3) is 2.73. The van der Waals surface area contributed by atoms with Crippen LogP contribution in [-0.4, -0.2) is 34.0 Å². The molecule has 23 heavy (non-hydrogen) atoms. The lowest BCUT2D eigenvalue weighted by Gasteiger charge is -2.14. The number of hydrogen-bond acceptors (Lipinski definition) is 5. The van der Waals surface area contributed by atoms with Crippen LogP contribution in [0, 0.1) is 6.92 Å².